The first kappa shape index (κ1) is 15.5. The van der Waals surface area contributed by atoms with Crippen molar-refractivity contribution in [2.24, 2.45) is 0 Å². The Morgan fingerprint density at radius 1 is 1.45 bits per heavy atom. The predicted molar refractivity (Wildman–Crippen MR) is 78.6 cm³/mol. The van der Waals surface area contributed by atoms with Gasteiger partial charge in [-0.15, -0.1) is 0 Å². The molecule has 1 amide bonds. The molecule has 2 aliphatic heterocycles. The number of carbonyl (C=O) groups excluding carboxylic acids is 1. The number of nitrogens with zero attached hydrogens (tertiary/aromatic N) is 1. The van der Waals surface area contributed by atoms with Gasteiger partial charge in [0.05, 0.1) is 31.2 Å². The third-order valence-corrected chi connectivity index (χ3v) is 4.59. The van der Waals surface area contributed by atoms with Crippen LogP contribution < -0.4 is 0 Å². The van der Waals surface area contributed by atoms with E-state index in [1.165, 1.54) is 6.26 Å². The fourth-order valence-electron chi connectivity index (χ4n) is 3.37. The number of furan rings is 1. The Balaban J connectivity index is 1.55. The van der Waals surface area contributed by atoms with E-state index in [2.05, 4.69) is 0 Å². The highest BCUT2D eigenvalue weighted by atomic mass is 16.5. The molecule has 6 nitrogen and oxygen atoms in total. The second kappa shape index (κ2) is 6.81. The smallest absolute Gasteiger partial charge is 0.289 e. The minimum absolute atomic E-state index is 0.0514. The molecule has 0 saturated carbocycles. The van der Waals surface area contributed by atoms with Crippen LogP contribution in [0.5, 0.6) is 0 Å². The van der Waals surface area contributed by atoms with E-state index in [-0.39, 0.29) is 24.2 Å². The van der Waals surface area contributed by atoms with E-state index in [0.717, 1.165) is 25.7 Å². The third kappa shape index (κ3) is 3.34. The number of aliphatic hydroxyl groups excluding tert-OH is 1. The molecular weight excluding hydrogens is 286 g/mol. The summed E-state index contributed by atoms with van der Waals surface area (Å²) in [6.07, 6.45) is 5.02. The predicted octanol–water partition coefficient (Wildman–Crippen LogP) is 1.44. The zero-order valence-electron chi connectivity index (χ0n) is 12.7. The van der Waals surface area contributed by atoms with Gasteiger partial charge in [-0.05, 0) is 31.4 Å². The van der Waals surface area contributed by atoms with Crippen LogP contribution in [0.3, 0.4) is 0 Å². The van der Waals surface area contributed by atoms with E-state index in [0.29, 0.717) is 32.1 Å². The first-order chi connectivity index (χ1) is 10.7. The number of carbonyl (C=O) groups is 1. The van der Waals surface area contributed by atoms with Crippen LogP contribution in [0.1, 0.15) is 36.2 Å². The second-order valence-electron chi connectivity index (χ2n) is 6.01. The maximum Gasteiger partial charge on any atom is 0.289 e. The highest BCUT2D eigenvalue weighted by Crippen LogP contribution is 2.36. The Labute approximate surface area is 130 Å². The molecule has 122 valence electrons. The number of likely N-dealkylation sites (tertiary alicyclic amines) is 1. The molecule has 2 fully saturated rings. The standard InChI is InChI=1S/C16H23NO5/c18-8-11-20-13-3-10-22-16(12-13)4-6-17(7-5-16)15(19)14-2-1-9-21-14/h1-2,9,13,18H,3-8,10-12H2. The van der Waals surface area contributed by atoms with E-state index < -0.39 is 0 Å². The number of aliphatic hydroxyl groups is 1. The minimum atomic E-state index is -0.182. The van der Waals surface area contributed by atoms with Crippen molar-refractivity contribution in [1.82, 2.24) is 4.90 Å². The average Bonchev–Trinajstić information content (AvgIpc) is 3.08. The van der Waals surface area contributed by atoms with E-state index >= 15 is 0 Å². The quantitative estimate of drug-likeness (QED) is 0.911. The molecule has 1 aromatic heterocycles. The Morgan fingerprint density at radius 3 is 2.95 bits per heavy atom. The molecule has 3 rings (SSSR count). The summed E-state index contributed by atoms with van der Waals surface area (Å²) in [6.45, 7) is 2.46. The van der Waals surface area contributed by atoms with Crippen molar-refractivity contribution in [3.63, 3.8) is 0 Å². The molecule has 6 heteroatoms. The lowest BCUT2D eigenvalue weighted by molar-refractivity contribution is -0.154. The van der Waals surface area contributed by atoms with Gasteiger partial charge >= 0.3 is 0 Å². The van der Waals surface area contributed by atoms with E-state index in [1.807, 2.05) is 4.90 Å². The number of rotatable bonds is 4. The highest BCUT2D eigenvalue weighted by Gasteiger charge is 2.41. The Hall–Kier alpha value is -1.37. The van der Waals surface area contributed by atoms with Crippen LogP contribution >= 0.6 is 0 Å². The SMILES string of the molecule is O=C(c1ccco1)N1CCC2(CC1)CC(OCCO)CCO2. The largest absolute Gasteiger partial charge is 0.459 e. The molecule has 22 heavy (non-hydrogen) atoms. The molecule has 3 heterocycles. The monoisotopic (exact) mass is 309 g/mol. The number of amides is 1. The van der Waals surface area contributed by atoms with Gasteiger partial charge in [-0.1, -0.05) is 0 Å². The Bertz CT molecular complexity index is 479. The lowest BCUT2D eigenvalue weighted by Gasteiger charge is -2.45. The third-order valence-electron chi connectivity index (χ3n) is 4.59. The van der Waals surface area contributed by atoms with Crippen LogP contribution in [-0.4, -0.2) is 60.5 Å². The van der Waals surface area contributed by atoms with Gasteiger partial charge in [-0.25, -0.2) is 0 Å². The number of hydrogen-bond acceptors (Lipinski definition) is 5. The summed E-state index contributed by atoms with van der Waals surface area (Å²) in [5, 5.41) is 8.88. The van der Waals surface area contributed by atoms with Crippen LogP contribution in [-0.2, 0) is 9.47 Å². The van der Waals surface area contributed by atoms with Crippen LogP contribution in [0.2, 0.25) is 0 Å². The van der Waals surface area contributed by atoms with Crippen LogP contribution in [0.4, 0.5) is 0 Å². The van der Waals surface area contributed by atoms with Gasteiger partial charge in [0, 0.05) is 26.1 Å². The van der Waals surface area contributed by atoms with Crippen LogP contribution in [0, 0.1) is 0 Å². The summed E-state index contributed by atoms with van der Waals surface area (Å²) >= 11 is 0. The number of ether oxygens (including phenoxy) is 2. The molecule has 1 aromatic rings. The molecule has 0 radical (unpaired) electrons. The molecule has 2 saturated heterocycles. The molecule has 0 bridgehead atoms. The van der Waals surface area contributed by atoms with E-state index in [9.17, 15) is 4.79 Å². The second-order valence-corrected chi connectivity index (χ2v) is 6.01. The molecule has 1 unspecified atom stereocenters. The van der Waals surface area contributed by atoms with Gasteiger partial charge in [0.25, 0.3) is 5.91 Å². The number of hydrogen-bond donors (Lipinski definition) is 1. The van der Waals surface area contributed by atoms with Gasteiger partial charge in [0.15, 0.2) is 5.76 Å². The molecule has 1 N–H and O–H groups in total. The van der Waals surface area contributed by atoms with Crippen molar-refractivity contribution in [3.8, 4) is 0 Å². The zero-order chi connectivity index (χ0) is 15.4. The molecule has 1 atom stereocenters. The lowest BCUT2D eigenvalue weighted by Crippen LogP contribution is -2.52. The molecule has 0 aliphatic carbocycles. The van der Waals surface area contributed by atoms with Crippen molar-refractivity contribution >= 4 is 5.91 Å². The van der Waals surface area contributed by atoms with Gasteiger partial charge in [0.1, 0.15) is 0 Å². The summed E-state index contributed by atoms with van der Waals surface area (Å²) < 4.78 is 16.9. The van der Waals surface area contributed by atoms with Gasteiger partial charge in [0.2, 0.25) is 0 Å². The van der Waals surface area contributed by atoms with E-state index in [1.54, 1.807) is 12.1 Å². The van der Waals surface area contributed by atoms with E-state index in [4.69, 9.17) is 19.0 Å². The normalized spacial score (nSPS) is 24.6. The maximum absolute atomic E-state index is 12.3. The Morgan fingerprint density at radius 2 is 2.27 bits per heavy atom. The minimum Gasteiger partial charge on any atom is -0.459 e. The first-order valence-corrected chi connectivity index (χ1v) is 7.92. The number of piperidine rings is 1. The summed E-state index contributed by atoms with van der Waals surface area (Å²) in [6, 6.07) is 3.43. The van der Waals surface area contributed by atoms with Crippen molar-refractivity contribution < 1.29 is 23.8 Å². The van der Waals surface area contributed by atoms with Gasteiger partial charge in [-0.2, -0.15) is 0 Å². The first-order valence-electron chi connectivity index (χ1n) is 7.92. The summed E-state index contributed by atoms with van der Waals surface area (Å²) in [5.41, 5.74) is -0.182. The molecule has 0 aromatic carbocycles. The topological polar surface area (TPSA) is 72.1 Å². The molecule has 1 spiro atoms. The van der Waals surface area contributed by atoms with Crippen LogP contribution in [0.15, 0.2) is 22.8 Å². The highest BCUT2D eigenvalue weighted by molar-refractivity contribution is 5.91. The van der Waals surface area contributed by atoms with Crippen molar-refractivity contribution in [1.29, 1.82) is 0 Å². The molecular formula is C16H23NO5. The van der Waals surface area contributed by atoms with Crippen LogP contribution in [0.25, 0.3) is 0 Å². The van der Waals surface area contributed by atoms with Gasteiger partial charge in [-0.3, -0.25) is 4.79 Å². The van der Waals surface area contributed by atoms with Crippen molar-refractivity contribution in [2.45, 2.75) is 37.4 Å². The molecule has 2 aliphatic rings. The zero-order valence-corrected chi connectivity index (χ0v) is 12.7. The summed E-state index contributed by atoms with van der Waals surface area (Å²) in [5.74, 6) is 0.341. The maximum atomic E-state index is 12.3. The van der Waals surface area contributed by atoms with Crippen molar-refractivity contribution in [3.05, 3.63) is 24.2 Å². The fourth-order valence-corrected chi connectivity index (χ4v) is 3.37. The summed E-state index contributed by atoms with van der Waals surface area (Å²) in [7, 11) is 0. The Kier molecular flexibility index (Phi) is 4.81. The summed E-state index contributed by atoms with van der Waals surface area (Å²) in [4.78, 5) is 14.1. The van der Waals surface area contributed by atoms with Gasteiger partial charge < -0.3 is 23.9 Å². The van der Waals surface area contributed by atoms with Crippen molar-refractivity contribution in [2.75, 3.05) is 32.9 Å². The average molecular weight is 309 g/mol. The fraction of sp³-hybridized carbons (Fsp3) is 0.688. The lowest BCUT2D eigenvalue weighted by atomic mass is 9.83.